The van der Waals surface area contributed by atoms with Gasteiger partial charge in [-0.15, -0.1) is 0 Å². The van der Waals surface area contributed by atoms with E-state index in [2.05, 4.69) is 22.4 Å². The second-order valence-corrected chi connectivity index (χ2v) is 4.05. The fourth-order valence-electron chi connectivity index (χ4n) is 1.85. The van der Waals surface area contributed by atoms with Gasteiger partial charge < -0.3 is 9.84 Å². The number of halogens is 1. The third kappa shape index (κ3) is 3.37. The summed E-state index contributed by atoms with van der Waals surface area (Å²) in [5.74, 6) is 0.413. The number of rotatable bonds is 6. The molecular weight excluding hydrogens is 233 g/mol. The first kappa shape index (κ1) is 12.7. The lowest BCUT2D eigenvalue weighted by Crippen LogP contribution is -2.23. The fraction of sp³-hybridized carbons (Fsp3) is 0.385. The summed E-state index contributed by atoms with van der Waals surface area (Å²) in [7, 11) is 0. The largest absolute Gasteiger partial charge is 0.340 e. The van der Waals surface area contributed by atoms with E-state index in [-0.39, 0.29) is 11.9 Å². The van der Waals surface area contributed by atoms with Gasteiger partial charge in [-0.3, -0.25) is 0 Å². The summed E-state index contributed by atoms with van der Waals surface area (Å²) >= 11 is 0. The van der Waals surface area contributed by atoms with Gasteiger partial charge in [-0.05, 0) is 24.1 Å². The molecule has 2 rings (SSSR count). The normalized spacial score (nSPS) is 12.6. The molecule has 0 fully saturated rings. The van der Waals surface area contributed by atoms with Gasteiger partial charge in [0.05, 0.1) is 0 Å². The van der Waals surface area contributed by atoms with Gasteiger partial charge in [-0.2, -0.15) is 4.98 Å². The van der Waals surface area contributed by atoms with Crippen LogP contribution in [-0.2, 0) is 6.42 Å². The lowest BCUT2D eigenvalue weighted by Gasteiger charge is -2.16. The minimum Gasteiger partial charge on any atom is -0.340 e. The van der Waals surface area contributed by atoms with Crippen molar-refractivity contribution in [3.05, 3.63) is 47.9 Å². The van der Waals surface area contributed by atoms with Crippen molar-refractivity contribution in [1.29, 1.82) is 0 Å². The summed E-state index contributed by atoms with van der Waals surface area (Å²) < 4.78 is 17.8. The van der Waals surface area contributed by atoms with Gasteiger partial charge >= 0.3 is 0 Å². The van der Waals surface area contributed by atoms with Gasteiger partial charge in [0, 0.05) is 19.0 Å². The first-order valence-electron chi connectivity index (χ1n) is 6.04. The zero-order valence-corrected chi connectivity index (χ0v) is 10.3. The third-order valence-electron chi connectivity index (χ3n) is 2.82. The molecule has 0 aliphatic rings. The highest BCUT2D eigenvalue weighted by Gasteiger charge is 2.09. The highest BCUT2D eigenvalue weighted by atomic mass is 19.1. The van der Waals surface area contributed by atoms with Crippen LogP contribution in [0.5, 0.6) is 0 Å². The molecule has 1 aromatic heterocycles. The summed E-state index contributed by atoms with van der Waals surface area (Å²) in [6.45, 7) is 2.84. The van der Waals surface area contributed by atoms with Crippen molar-refractivity contribution in [3.8, 4) is 0 Å². The van der Waals surface area contributed by atoms with Crippen LogP contribution in [0.25, 0.3) is 0 Å². The summed E-state index contributed by atoms with van der Waals surface area (Å²) in [5, 5.41) is 6.95. The average Bonchev–Trinajstić information content (AvgIpc) is 2.89. The minimum atomic E-state index is -0.209. The van der Waals surface area contributed by atoms with Crippen molar-refractivity contribution in [3.63, 3.8) is 0 Å². The molecule has 4 nitrogen and oxygen atoms in total. The molecule has 0 radical (unpaired) electrons. The number of hydrogen-bond donors (Lipinski definition) is 1. The van der Waals surface area contributed by atoms with Crippen LogP contribution in [0.1, 0.15) is 30.8 Å². The minimum absolute atomic E-state index is 0.209. The topological polar surface area (TPSA) is 51.0 Å². The second-order valence-electron chi connectivity index (χ2n) is 4.05. The van der Waals surface area contributed by atoms with E-state index in [9.17, 15) is 4.39 Å². The molecule has 0 spiro atoms. The smallest absolute Gasteiger partial charge is 0.227 e. The van der Waals surface area contributed by atoms with Crippen molar-refractivity contribution in [2.45, 2.75) is 25.8 Å². The summed E-state index contributed by atoms with van der Waals surface area (Å²) in [6, 6.07) is 6.80. The van der Waals surface area contributed by atoms with Crippen LogP contribution in [-0.4, -0.2) is 16.7 Å². The predicted molar refractivity (Wildman–Crippen MR) is 65.4 cm³/mol. The molecule has 0 bridgehead atoms. The molecule has 0 saturated heterocycles. The Labute approximate surface area is 105 Å². The fourth-order valence-corrected chi connectivity index (χ4v) is 1.85. The maximum Gasteiger partial charge on any atom is 0.227 e. The zero-order chi connectivity index (χ0) is 12.8. The summed E-state index contributed by atoms with van der Waals surface area (Å²) in [4.78, 5) is 3.96. The van der Waals surface area contributed by atoms with E-state index in [0.29, 0.717) is 12.3 Å². The standard InChI is InChI=1S/C13H16FN3O/c1-2-12(10-3-5-11(14)6-4-10)15-8-7-13-16-9-17-18-13/h3-6,9,12,15H,2,7-8H2,1H3. The number of aromatic nitrogens is 2. The second kappa shape index (κ2) is 6.26. The Hall–Kier alpha value is -1.75. The Balaban J connectivity index is 1.87. The predicted octanol–water partition coefficient (Wildman–Crippen LogP) is 2.49. The molecule has 1 N–H and O–H groups in total. The molecule has 1 atom stereocenters. The van der Waals surface area contributed by atoms with Crippen LogP contribution >= 0.6 is 0 Å². The molecule has 1 aromatic carbocycles. The number of hydrogen-bond acceptors (Lipinski definition) is 4. The molecule has 0 saturated carbocycles. The van der Waals surface area contributed by atoms with Crippen molar-refractivity contribution in [2.24, 2.45) is 0 Å². The van der Waals surface area contributed by atoms with Crippen molar-refractivity contribution in [1.82, 2.24) is 15.5 Å². The van der Waals surface area contributed by atoms with E-state index in [4.69, 9.17) is 4.52 Å². The highest BCUT2D eigenvalue weighted by molar-refractivity contribution is 5.19. The van der Waals surface area contributed by atoms with Gasteiger partial charge in [0.15, 0.2) is 6.33 Å². The van der Waals surface area contributed by atoms with Gasteiger partial charge in [0.25, 0.3) is 0 Å². The SMILES string of the molecule is CCC(NCCc1ncno1)c1ccc(F)cc1. The lowest BCUT2D eigenvalue weighted by molar-refractivity contribution is 0.371. The van der Waals surface area contributed by atoms with E-state index in [1.165, 1.54) is 18.5 Å². The quantitative estimate of drug-likeness (QED) is 0.854. The Morgan fingerprint density at radius 2 is 2.11 bits per heavy atom. The molecule has 2 aromatic rings. The van der Waals surface area contributed by atoms with E-state index in [1.807, 2.05) is 12.1 Å². The van der Waals surface area contributed by atoms with E-state index in [0.717, 1.165) is 18.5 Å². The Morgan fingerprint density at radius 1 is 1.33 bits per heavy atom. The number of benzene rings is 1. The molecule has 1 unspecified atom stereocenters. The molecule has 0 amide bonds. The van der Waals surface area contributed by atoms with Gasteiger partial charge in [0.1, 0.15) is 5.82 Å². The molecule has 0 aliphatic carbocycles. The Kier molecular flexibility index (Phi) is 4.41. The maximum absolute atomic E-state index is 12.8. The first-order valence-corrected chi connectivity index (χ1v) is 6.04. The third-order valence-corrected chi connectivity index (χ3v) is 2.82. The lowest BCUT2D eigenvalue weighted by atomic mass is 10.0. The molecule has 0 aliphatic heterocycles. The summed E-state index contributed by atoms with van der Waals surface area (Å²) in [5.41, 5.74) is 1.09. The van der Waals surface area contributed by atoms with Crippen molar-refractivity contribution >= 4 is 0 Å². The van der Waals surface area contributed by atoms with Crippen molar-refractivity contribution < 1.29 is 8.91 Å². The Morgan fingerprint density at radius 3 is 2.72 bits per heavy atom. The van der Waals surface area contributed by atoms with Crippen molar-refractivity contribution in [2.75, 3.05) is 6.54 Å². The molecule has 1 heterocycles. The molecule has 5 heteroatoms. The molecular formula is C13H16FN3O. The number of nitrogens with one attached hydrogen (secondary N) is 1. The molecule has 96 valence electrons. The van der Waals surface area contributed by atoms with Crippen LogP contribution in [0.3, 0.4) is 0 Å². The van der Waals surface area contributed by atoms with E-state index >= 15 is 0 Å². The van der Waals surface area contributed by atoms with Gasteiger partial charge in [0.2, 0.25) is 5.89 Å². The first-order chi connectivity index (χ1) is 8.79. The number of nitrogens with zero attached hydrogens (tertiary/aromatic N) is 2. The van der Waals surface area contributed by atoms with Gasteiger partial charge in [-0.1, -0.05) is 24.2 Å². The summed E-state index contributed by atoms with van der Waals surface area (Å²) in [6.07, 6.45) is 3.03. The maximum atomic E-state index is 12.8. The van der Waals surface area contributed by atoms with E-state index in [1.54, 1.807) is 0 Å². The zero-order valence-electron chi connectivity index (χ0n) is 10.3. The highest BCUT2D eigenvalue weighted by Crippen LogP contribution is 2.16. The average molecular weight is 249 g/mol. The Bertz CT molecular complexity index is 456. The van der Waals surface area contributed by atoms with Crippen LogP contribution in [0.15, 0.2) is 35.1 Å². The van der Waals surface area contributed by atoms with Crippen LogP contribution in [0, 0.1) is 5.82 Å². The monoisotopic (exact) mass is 249 g/mol. The van der Waals surface area contributed by atoms with Gasteiger partial charge in [-0.25, -0.2) is 4.39 Å². The van der Waals surface area contributed by atoms with Crippen LogP contribution in [0.2, 0.25) is 0 Å². The van der Waals surface area contributed by atoms with Crippen LogP contribution in [0.4, 0.5) is 4.39 Å². The molecule has 18 heavy (non-hydrogen) atoms. The van der Waals surface area contributed by atoms with E-state index < -0.39 is 0 Å². The van der Waals surface area contributed by atoms with Crippen LogP contribution < -0.4 is 5.32 Å².